The van der Waals surface area contributed by atoms with Gasteiger partial charge in [0.15, 0.2) is 6.19 Å². The highest BCUT2D eigenvalue weighted by molar-refractivity contribution is 5.93. The standard InChI is InChI=1S/C18H16FN3O/c19-17-10-22(11-20)9-16(17)15-4-2-1-3-14(15)12-5-7-13(8-6-12)18(21)23/h1-8,16-17H,9-10H2,(H2,21,23)/t16-,17+/m0/s1. The summed E-state index contributed by atoms with van der Waals surface area (Å²) in [5.74, 6) is -0.809. The Hall–Kier alpha value is -2.87. The molecule has 116 valence electrons. The fourth-order valence-corrected chi connectivity index (χ4v) is 3.04. The first kappa shape index (κ1) is 15.0. The summed E-state index contributed by atoms with van der Waals surface area (Å²) in [6.45, 7) is 0.518. The lowest BCUT2D eigenvalue weighted by Gasteiger charge is -2.17. The molecule has 0 spiro atoms. The van der Waals surface area contributed by atoms with E-state index in [-0.39, 0.29) is 12.5 Å². The number of rotatable bonds is 3. The number of amides is 1. The van der Waals surface area contributed by atoms with Gasteiger partial charge in [0.05, 0.1) is 6.54 Å². The van der Waals surface area contributed by atoms with Crippen molar-refractivity contribution in [2.45, 2.75) is 12.1 Å². The Labute approximate surface area is 133 Å². The van der Waals surface area contributed by atoms with Crippen LogP contribution in [-0.4, -0.2) is 30.1 Å². The average Bonchev–Trinajstić information content (AvgIpc) is 2.96. The smallest absolute Gasteiger partial charge is 0.248 e. The molecule has 0 saturated carbocycles. The van der Waals surface area contributed by atoms with Crippen LogP contribution in [0.5, 0.6) is 0 Å². The lowest BCUT2D eigenvalue weighted by atomic mass is 9.89. The third-order valence-electron chi connectivity index (χ3n) is 4.23. The van der Waals surface area contributed by atoms with E-state index in [2.05, 4.69) is 0 Å². The minimum Gasteiger partial charge on any atom is -0.366 e. The number of nitrogens with zero attached hydrogens (tertiary/aromatic N) is 2. The number of primary amides is 1. The molecule has 2 N–H and O–H groups in total. The van der Waals surface area contributed by atoms with Crippen molar-refractivity contribution in [1.29, 1.82) is 5.26 Å². The van der Waals surface area contributed by atoms with Crippen LogP contribution in [0.1, 0.15) is 21.8 Å². The van der Waals surface area contributed by atoms with Crippen LogP contribution in [-0.2, 0) is 0 Å². The predicted octanol–water partition coefficient (Wildman–Crippen LogP) is 2.67. The fourth-order valence-electron chi connectivity index (χ4n) is 3.04. The first-order chi connectivity index (χ1) is 11.1. The Kier molecular flexibility index (Phi) is 3.98. The molecule has 0 unspecified atom stereocenters. The van der Waals surface area contributed by atoms with E-state index < -0.39 is 12.1 Å². The second-order valence-electron chi connectivity index (χ2n) is 5.66. The fraction of sp³-hybridized carbons (Fsp3) is 0.222. The van der Waals surface area contributed by atoms with E-state index in [9.17, 15) is 9.18 Å². The van der Waals surface area contributed by atoms with Gasteiger partial charge in [0, 0.05) is 18.0 Å². The topological polar surface area (TPSA) is 70.1 Å². The molecule has 2 aromatic carbocycles. The van der Waals surface area contributed by atoms with Crippen molar-refractivity contribution < 1.29 is 9.18 Å². The number of carbonyl (C=O) groups is 1. The minimum atomic E-state index is -1.07. The van der Waals surface area contributed by atoms with Gasteiger partial charge in [-0.1, -0.05) is 36.4 Å². The molecule has 0 aromatic heterocycles. The number of alkyl halides is 1. The van der Waals surface area contributed by atoms with Gasteiger partial charge in [0.2, 0.25) is 5.91 Å². The summed E-state index contributed by atoms with van der Waals surface area (Å²) in [4.78, 5) is 12.6. The Balaban J connectivity index is 1.98. The van der Waals surface area contributed by atoms with Crippen molar-refractivity contribution in [3.05, 3.63) is 59.7 Å². The van der Waals surface area contributed by atoms with E-state index >= 15 is 0 Å². The van der Waals surface area contributed by atoms with Crippen LogP contribution in [0, 0.1) is 11.5 Å². The van der Waals surface area contributed by atoms with Crippen molar-refractivity contribution in [2.24, 2.45) is 5.73 Å². The summed E-state index contributed by atoms with van der Waals surface area (Å²) in [6, 6.07) is 14.5. The molecule has 2 atom stereocenters. The monoisotopic (exact) mass is 309 g/mol. The quantitative estimate of drug-likeness (QED) is 0.886. The summed E-state index contributed by atoms with van der Waals surface area (Å²) in [6.07, 6.45) is 0.946. The zero-order chi connectivity index (χ0) is 16.4. The Morgan fingerprint density at radius 3 is 2.48 bits per heavy atom. The number of likely N-dealkylation sites (tertiary alicyclic amines) is 1. The first-order valence-electron chi connectivity index (χ1n) is 7.38. The molecule has 0 aliphatic carbocycles. The van der Waals surface area contributed by atoms with Gasteiger partial charge < -0.3 is 10.6 Å². The highest BCUT2D eigenvalue weighted by atomic mass is 19.1. The van der Waals surface area contributed by atoms with Gasteiger partial charge in [-0.3, -0.25) is 4.79 Å². The van der Waals surface area contributed by atoms with Crippen LogP contribution in [0.3, 0.4) is 0 Å². The Morgan fingerprint density at radius 2 is 1.87 bits per heavy atom. The maximum atomic E-state index is 14.3. The summed E-state index contributed by atoms with van der Waals surface area (Å²) in [5, 5.41) is 8.98. The lowest BCUT2D eigenvalue weighted by molar-refractivity contribution is 0.100. The van der Waals surface area contributed by atoms with Crippen LogP contribution in [0.2, 0.25) is 0 Å². The van der Waals surface area contributed by atoms with Gasteiger partial charge in [-0.15, -0.1) is 0 Å². The number of nitrogens with two attached hydrogens (primary N) is 1. The molecule has 1 aliphatic heterocycles. The van der Waals surface area contributed by atoms with Gasteiger partial charge in [0.1, 0.15) is 6.17 Å². The van der Waals surface area contributed by atoms with Gasteiger partial charge in [-0.25, -0.2) is 4.39 Å². The molecule has 0 radical (unpaired) electrons. The van der Waals surface area contributed by atoms with Crippen molar-refractivity contribution in [3.8, 4) is 17.3 Å². The number of hydrogen-bond donors (Lipinski definition) is 1. The molecular weight excluding hydrogens is 293 g/mol. The Bertz CT molecular complexity index is 767. The molecule has 1 aliphatic rings. The van der Waals surface area contributed by atoms with Crippen LogP contribution in [0.15, 0.2) is 48.5 Å². The highest BCUT2D eigenvalue weighted by Crippen LogP contribution is 2.36. The average molecular weight is 309 g/mol. The highest BCUT2D eigenvalue weighted by Gasteiger charge is 2.34. The summed E-state index contributed by atoms with van der Waals surface area (Å²) in [5.41, 5.74) is 8.38. The van der Waals surface area contributed by atoms with E-state index in [0.29, 0.717) is 12.1 Å². The van der Waals surface area contributed by atoms with E-state index in [4.69, 9.17) is 11.0 Å². The number of benzene rings is 2. The third kappa shape index (κ3) is 2.88. The maximum absolute atomic E-state index is 14.3. The number of carbonyl (C=O) groups excluding carboxylic acids is 1. The zero-order valence-electron chi connectivity index (χ0n) is 12.4. The molecule has 1 fully saturated rings. The predicted molar refractivity (Wildman–Crippen MR) is 85.2 cm³/mol. The molecule has 1 saturated heterocycles. The van der Waals surface area contributed by atoms with Crippen molar-refractivity contribution in [1.82, 2.24) is 4.90 Å². The Morgan fingerprint density at radius 1 is 1.17 bits per heavy atom. The molecule has 23 heavy (non-hydrogen) atoms. The normalized spacial score (nSPS) is 20.3. The maximum Gasteiger partial charge on any atom is 0.248 e. The minimum absolute atomic E-state index is 0.135. The SMILES string of the molecule is N#CN1C[C@@H](F)[C@H](c2ccccc2-c2ccc(C(N)=O)cc2)C1. The second kappa shape index (κ2) is 6.09. The van der Waals surface area contributed by atoms with E-state index in [1.54, 1.807) is 12.1 Å². The van der Waals surface area contributed by atoms with Gasteiger partial charge in [-0.2, -0.15) is 5.26 Å². The van der Waals surface area contributed by atoms with Gasteiger partial charge in [-0.05, 0) is 28.8 Å². The van der Waals surface area contributed by atoms with Crippen LogP contribution in [0.25, 0.3) is 11.1 Å². The molecule has 1 amide bonds. The van der Waals surface area contributed by atoms with Crippen LogP contribution >= 0.6 is 0 Å². The largest absolute Gasteiger partial charge is 0.366 e. The van der Waals surface area contributed by atoms with E-state index in [1.807, 2.05) is 42.6 Å². The first-order valence-corrected chi connectivity index (χ1v) is 7.38. The zero-order valence-corrected chi connectivity index (χ0v) is 12.4. The number of hydrogen-bond acceptors (Lipinski definition) is 3. The summed E-state index contributed by atoms with van der Waals surface area (Å²) in [7, 11) is 0. The van der Waals surface area contributed by atoms with E-state index in [0.717, 1.165) is 16.7 Å². The molecule has 3 rings (SSSR count). The summed E-state index contributed by atoms with van der Waals surface area (Å²) < 4.78 is 14.3. The number of halogens is 1. The van der Waals surface area contributed by atoms with E-state index in [1.165, 1.54) is 4.90 Å². The van der Waals surface area contributed by atoms with Crippen molar-refractivity contribution in [3.63, 3.8) is 0 Å². The third-order valence-corrected chi connectivity index (χ3v) is 4.23. The molecule has 0 bridgehead atoms. The molecular formula is C18H16FN3O. The van der Waals surface area contributed by atoms with Crippen LogP contribution < -0.4 is 5.73 Å². The molecule has 4 nitrogen and oxygen atoms in total. The molecule has 2 aromatic rings. The van der Waals surface area contributed by atoms with Crippen molar-refractivity contribution in [2.75, 3.05) is 13.1 Å². The number of nitriles is 1. The summed E-state index contributed by atoms with van der Waals surface area (Å²) >= 11 is 0. The second-order valence-corrected chi connectivity index (χ2v) is 5.66. The van der Waals surface area contributed by atoms with Gasteiger partial charge >= 0.3 is 0 Å². The molecule has 1 heterocycles. The van der Waals surface area contributed by atoms with Crippen molar-refractivity contribution >= 4 is 5.91 Å². The van der Waals surface area contributed by atoms with Crippen LogP contribution in [0.4, 0.5) is 4.39 Å². The molecule has 5 heteroatoms. The van der Waals surface area contributed by atoms with Gasteiger partial charge in [0.25, 0.3) is 0 Å². The lowest BCUT2D eigenvalue weighted by Crippen LogP contribution is -2.13.